The number of halogens is 5. The maximum Gasteiger partial charge on any atom is 0.405 e. The number of anilines is 1. The maximum atomic E-state index is 13.3. The number of imidazole rings is 1. The molecule has 0 saturated heterocycles. The predicted octanol–water partition coefficient (Wildman–Crippen LogP) is 4.55. The van der Waals surface area contributed by atoms with E-state index in [0.717, 1.165) is 27.7 Å². The lowest BCUT2D eigenvalue weighted by Gasteiger charge is -2.06. The standard InChI is InChI=1S/C13H10F5N5S2/c14-10(15)23-8-4-2-1-3-7(8)20-9(23)5-24-12-22-21-11(25-12)19-6-13(16,17)18/h1-4,10H,5-6H2,(H,19,21). The van der Waals surface area contributed by atoms with Crippen molar-refractivity contribution in [2.24, 2.45) is 0 Å². The summed E-state index contributed by atoms with van der Waals surface area (Å²) in [5.41, 5.74) is 0.765. The second-order valence-electron chi connectivity index (χ2n) is 4.79. The van der Waals surface area contributed by atoms with Crippen molar-refractivity contribution in [3.63, 3.8) is 0 Å². The quantitative estimate of drug-likeness (QED) is 0.490. The Labute approximate surface area is 146 Å². The Morgan fingerprint density at radius 2 is 1.96 bits per heavy atom. The van der Waals surface area contributed by atoms with Crippen LogP contribution in [0.15, 0.2) is 28.6 Å². The molecule has 2 aromatic heterocycles. The van der Waals surface area contributed by atoms with Crippen LogP contribution in [0.4, 0.5) is 27.1 Å². The van der Waals surface area contributed by atoms with Crippen molar-refractivity contribution in [1.82, 2.24) is 19.7 Å². The molecule has 12 heteroatoms. The minimum Gasteiger partial charge on any atom is -0.351 e. The van der Waals surface area contributed by atoms with E-state index in [0.29, 0.717) is 15.4 Å². The smallest absolute Gasteiger partial charge is 0.351 e. The van der Waals surface area contributed by atoms with Crippen molar-refractivity contribution in [2.75, 3.05) is 11.9 Å². The molecule has 5 nitrogen and oxygen atoms in total. The average Bonchev–Trinajstić information content (AvgIpc) is 3.14. The monoisotopic (exact) mass is 395 g/mol. The van der Waals surface area contributed by atoms with E-state index in [1.165, 1.54) is 0 Å². The highest BCUT2D eigenvalue weighted by atomic mass is 32.2. The van der Waals surface area contributed by atoms with Crippen LogP contribution in [0.3, 0.4) is 0 Å². The maximum absolute atomic E-state index is 13.3. The van der Waals surface area contributed by atoms with Gasteiger partial charge in [-0.25, -0.2) is 4.98 Å². The van der Waals surface area contributed by atoms with Crippen LogP contribution < -0.4 is 5.32 Å². The summed E-state index contributed by atoms with van der Waals surface area (Å²) >= 11 is 2.00. The van der Waals surface area contributed by atoms with E-state index in [4.69, 9.17) is 0 Å². The summed E-state index contributed by atoms with van der Waals surface area (Å²) in [5, 5.41) is 9.47. The Kier molecular flexibility index (Phi) is 5.08. The Morgan fingerprint density at radius 3 is 2.68 bits per heavy atom. The van der Waals surface area contributed by atoms with Crippen LogP contribution in [-0.2, 0) is 5.75 Å². The van der Waals surface area contributed by atoms with Gasteiger partial charge in [-0.1, -0.05) is 35.2 Å². The fraction of sp³-hybridized carbons (Fsp3) is 0.308. The van der Waals surface area contributed by atoms with Gasteiger partial charge in [0.15, 0.2) is 4.34 Å². The number of para-hydroxylation sites is 2. The number of nitrogens with zero attached hydrogens (tertiary/aromatic N) is 4. The van der Waals surface area contributed by atoms with Crippen LogP contribution >= 0.6 is 23.1 Å². The molecule has 2 heterocycles. The van der Waals surface area contributed by atoms with Crippen molar-refractivity contribution >= 4 is 39.3 Å². The Bertz CT molecular complexity index is 860. The number of rotatable bonds is 6. The van der Waals surface area contributed by atoms with Crippen LogP contribution in [0.5, 0.6) is 0 Å². The number of hydrogen-bond acceptors (Lipinski definition) is 6. The molecule has 0 amide bonds. The molecule has 0 aliphatic heterocycles. The number of aromatic nitrogens is 4. The van der Waals surface area contributed by atoms with Gasteiger partial charge in [0.05, 0.1) is 16.8 Å². The van der Waals surface area contributed by atoms with Crippen molar-refractivity contribution in [2.45, 2.75) is 22.8 Å². The first-order chi connectivity index (χ1) is 11.8. The zero-order chi connectivity index (χ0) is 18.0. The molecule has 0 spiro atoms. The van der Waals surface area contributed by atoms with E-state index in [2.05, 4.69) is 20.5 Å². The highest BCUT2D eigenvalue weighted by Gasteiger charge is 2.27. The van der Waals surface area contributed by atoms with Gasteiger partial charge in [-0.05, 0) is 12.1 Å². The summed E-state index contributed by atoms with van der Waals surface area (Å²) in [5.74, 6) is 0.244. The molecule has 3 aromatic rings. The molecular formula is C13H10F5N5S2. The van der Waals surface area contributed by atoms with Gasteiger partial charge in [-0.3, -0.25) is 4.57 Å². The number of hydrogen-bond donors (Lipinski definition) is 1. The zero-order valence-corrected chi connectivity index (χ0v) is 13.9. The Morgan fingerprint density at radius 1 is 1.20 bits per heavy atom. The van der Waals surface area contributed by atoms with Crippen molar-refractivity contribution in [3.05, 3.63) is 30.1 Å². The first kappa shape index (κ1) is 17.9. The van der Waals surface area contributed by atoms with Gasteiger partial charge in [0.2, 0.25) is 5.13 Å². The molecule has 3 rings (SSSR count). The minimum absolute atomic E-state index is 0.0159. The fourth-order valence-corrected chi connectivity index (χ4v) is 3.73. The molecule has 0 bridgehead atoms. The normalized spacial score (nSPS) is 12.2. The Balaban J connectivity index is 1.71. The van der Waals surface area contributed by atoms with Crippen molar-refractivity contribution in [3.8, 4) is 0 Å². The van der Waals surface area contributed by atoms with E-state index in [-0.39, 0.29) is 16.7 Å². The second kappa shape index (κ2) is 7.12. The molecule has 0 unspecified atom stereocenters. The molecule has 0 saturated carbocycles. The lowest BCUT2D eigenvalue weighted by molar-refractivity contribution is -0.115. The fourth-order valence-electron chi connectivity index (χ4n) is 2.06. The topological polar surface area (TPSA) is 55.6 Å². The lowest BCUT2D eigenvalue weighted by Crippen LogP contribution is -2.21. The van der Waals surface area contributed by atoms with Gasteiger partial charge in [0, 0.05) is 0 Å². The van der Waals surface area contributed by atoms with E-state index in [1.807, 2.05) is 0 Å². The van der Waals surface area contributed by atoms with Gasteiger partial charge >= 0.3 is 12.7 Å². The number of benzene rings is 1. The number of nitrogens with one attached hydrogen (secondary N) is 1. The van der Waals surface area contributed by atoms with E-state index in [1.54, 1.807) is 24.3 Å². The summed E-state index contributed by atoms with van der Waals surface area (Å²) in [7, 11) is 0. The lowest BCUT2D eigenvalue weighted by atomic mass is 10.3. The minimum atomic E-state index is -4.36. The first-order valence-electron chi connectivity index (χ1n) is 6.84. The van der Waals surface area contributed by atoms with E-state index >= 15 is 0 Å². The molecule has 0 aliphatic rings. The van der Waals surface area contributed by atoms with Crippen LogP contribution in [0.2, 0.25) is 0 Å². The second-order valence-corrected chi connectivity index (χ2v) is 6.99. The molecule has 0 radical (unpaired) electrons. The molecule has 1 aromatic carbocycles. The number of alkyl halides is 5. The molecule has 25 heavy (non-hydrogen) atoms. The zero-order valence-electron chi connectivity index (χ0n) is 12.3. The van der Waals surface area contributed by atoms with E-state index in [9.17, 15) is 22.0 Å². The van der Waals surface area contributed by atoms with Crippen LogP contribution in [0.1, 0.15) is 12.4 Å². The SMILES string of the molecule is FC(F)n1c(CSc2nnc(NCC(F)(F)F)s2)nc2ccccc21. The highest BCUT2D eigenvalue weighted by molar-refractivity contribution is 8.00. The van der Waals surface area contributed by atoms with Gasteiger partial charge in [0.1, 0.15) is 12.4 Å². The third kappa shape index (κ3) is 4.37. The molecule has 1 N–H and O–H groups in total. The summed E-state index contributed by atoms with van der Waals surface area (Å²) in [6.45, 7) is -3.96. The van der Waals surface area contributed by atoms with Crippen LogP contribution in [0.25, 0.3) is 11.0 Å². The number of fused-ring (bicyclic) bond motifs is 1. The van der Waals surface area contributed by atoms with Gasteiger partial charge < -0.3 is 5.32 Å². The third-order valence-electron chi connectivity index (χ3n) is 3.04. The molecule has 0 aliphatic carbocycles. The number of thioether (sulfide) groups is 1. The molecular weight excluding hydrogens is 385 g/mol. The van der Waals surface area contributed by atoms with Gasteiger partial charge in [-0.2, -0.15) is 22.0 Å². The molecule has 0 atom stereocenters. The van der Waals surface area contributed by atoms with Gasteiger partial charge in [0.25, 0.3) is 0 Å². The largest absolute Gasteiger partial charge is 0.405 e. The van der Waals surface area contributed by atoms with Crippen LogP contribution in [0, 0.1) is 0 Å². The molecule has 134 valence electrons. The highest BCUT2D eigenvalue weighted by Crippen LogP contribution is 2.31. The molecule has 0 fully saturated rings. The average molecular weight is 395 g/mol. The van der Waals surface area contributed by atoms with Crippen molar-refractivity contribution in [1.29, 1.82) is 0 Å². The van der Waals surface area contributed by atoms with E-state index < -0.39 is 19.3 Å². The van der Waals surface area contributed by atoms with Gasteiger partial charge in [-0.15, -0.1) is 10.2 Å². The van der Waals surface area contributed by atoms with Crippen molar-refractivity contribution < 1.29 is 22.0 Å². The summed E-state index contributed by atoms with van der Waals surface area (Å²) < 4.78 is 64.2. The summed E-state index contributed by atoms with van der Waals surface area (Å²) in [6, 6.07) is 6.52. The third-order valence-corrected chi connectivity index (χ3v) is 5.05. The Hall–Kier alpha value is -1.95. The first-order valence-corrected chi connectivity index (χ1v) is 8.64. The summed E-state index contributed by atoms with van der Waals surface area (Å²) in [4.78, 5) is 4.18. The summed E-state index contributed by atoms with van der Waals surface area (Å²) in [6.07, 6.45) is -4.36. The predicted molar refractivity (Wildman–Crippen MR) is 85.0 cm³/mol. The van der Waals surface area contributed by atoms with Crippen LogP contribution in [-0.4, -0.2) is 32.5 Å².